The van der Waals surface area contributed by atoms with E-state index in [2.05, 4.69) is 16.8 Å². The fraction of sp³-hybridized carbons (Fsp3) is 0.543. The van der Waals surface area contributed by atoms with E-state index < -0.39 is 84.2 Å². The zero-order valence-electron chi connectivity index (χ0n) is 38.7. The van der Waals surface area contributed by atoms with Crippen molar-refractivity contribution in [2.75, 3.05) is 50.2 Å². The first-order valence-corrected chi connectivity index (χ1v) is 26.7. The lowest BCUT2D eigenvalue weighted by molar-refractivity contribution is -0.302. The van der Waals surface area contributed by atoms with Crippen LogP contribution < -0.4 is 10.2 Å². The van der Waals surface area contributed by atoms with E-state index >= 15 is 0 Å². The van der Waals surface area contributed by atoms with E-state index in [4.69, 9.17) is 14.2 Å². The van der Waals surface area contributed by atoms with Crippen molar-refractivity contribution in [1.82, 2.24) is 5.32 Å². The van der Waals surface area contributed by atoms with Crippen LogP contribution in [0.4, 0.5) is 5.69 Å². The van der Waals surface area contributed by atoms with Gasteiger partial charge in [-0.15, -0.1) is 0 Å². The molecule has 1 unspecified atom stereocenters. The molecule has 0 aromatic heterocycles. The summed E-state index contributed by atoms with van der Waals surface area (Å²) in [5.41, 5.74) is 2.49. The number of fused-ring (bicyclic) bond motifs is 1. The van der Waals surface area contributed by atoms with Crippen molar-refractivity contribution in [3.63, 3.8) is 0 Å². The van der Waals surface area contributed by atoms with E-state index in [1.165, 1.54) is 24.3 Å². The van der Waals surface area contributed by atoms with Crippen LogP contribution in [-0.2, 0) is 60.2 Å². The number of carbonyl (C=O) groups excluding carboxylic acids is 1. The lowest BCUT2D eigenvalue weighted by Crippen LogP contribution is -2.59. The van der Waals surface area contributed by atoms with Crippen molar-refractivity contribution in [3.05, 3.63) is 101 Å². The van der Waals surface area contributed by atoms with E-state index in [-0.39, 0.29) is 54.9 Å². The summed E-state index contributed by atoms with van der Waals surface area (Å²) in [7, 11) is -13.2. The monoisotopic (exact) mass is 1010 g/mol. The highest BCUT2D eigenvalue weighted by Crippen LogP contribution is 2.48. The van der Waals surface area contributed by atoms with E-state index in [0.29, 0.717) is 55.3 Å². The maximum Gasteiger partial charge on any atom is 0.294 e. The molecule has 4 rings (SSSR count). The van der Waals surface area contributed by atoms with Gasteiger partial charge in [-0.1, -0.05) is 70.6 Å². The molecule has 0 aliphatic carbocycles. The van der Waals surface area contributed by atoms with Crippen molar-refractivity contribution in [2.24, 2.45) is 0 Å². The molecule has 380 valence electrons. The van der Waals surface area contributed by atoms with Gasteiger partial charge in [0.1, 0.15) is 24.4 Å². The normalized spacial score (nSPS) is 22.5. The van der Waals surface area contributed by atoms with Gasteiger partial charge in [-0.3, -0.25) is 18.5 Å². The lowest BCUT2D eigenvalue weighted by atomic mass is 9.71. The van der Waals surface area contributed by atoms with Crippen LogP contribution in [0.1, 0.15) is 82.4 Å². The molecule has 0 bridgehead atoms. The molecule has 2 aromatic rings. The molecule has 22 heteroatoms. The van der Waals surface area contributed by atoms with Crippen LogP contribution in [0.5, 0.6) is 0 Å². The lowest BCUT2D eigenvalue weighted by Gasteiger charge is -2.39. The number of amides is 1. The minimum absolute atomic E-state index is 0.0221. The van der Waals surface area contributed by atoms with Crippen molar-refractivity contribution in [3.8, 4) is 0 Å². The molecular weight excluding hydrogens is 949 g/mol. The summed E-state index contributed by atoms with van der Waals surface area (Å²) in [6, 6.07) is 8.70. The molecule has 1 amide bonds. The molecule has 1 saturated heterocycles. The third-order valence-corrected chi connectivity index (χ3v) is 14.8. The summed E-state index contributed by atoms with van der Waals surface area (Å²) in [6.07, 6.45) is 5.06. The molecule has 6 atom stereocenters. The average molecular weight is 1020 g/mol. The van der Waals surface area contributed by atoms with Crippen molar-refractivity contribution >= 4 is 41.9 Å². The summed E-state index contributed by atoms with van der Waals surface area (Å²) < 4.78 is 116. The van der Waals surface area contributed by atoms with Crippen molar-refractivity contribution in [1.29, 1.82) is 0 Å². The maximum atomic E-state index is 12.6. The summed E-state index contributed by atoms with van der Waals surface area (Å²) in [4.78, 5) is 14.1. The minimum atomic E-state index is -4.54. The SMILES string of the molecule is C=C(/C=C/C=C/C=C1/N(CCCCCC(=O)NCCOCCO[C@H]2O[C@H](CO)[C@@H](O)[C@H](O)[C@@H]2O)c2ccc(S(=O)(=O)O)cc2C1(C)C)C(C)(CCCCS(=O)(=O)O)c1cc(S(=O)(=O)O)ccc1C. The van der Waals surface area contributed by atoms with Gasteiger partial charge < -0.3 is 44.9 Å². The molecule has 8 N–H and O–H groups in total. The van der Waals surface area contributed by atoms with Gasteiger partial charge in [0.05, 0.1) is 42.0 Å². The highest BCUT2D eigenvalue weighted by Gasteiger charge is 2.44. The summed E-state index contributed by atoms with van der Waals surface area (Å²) >= 11 is 0. The molecule has 2 aliphatic heterocycles. The van der Waals surface area contributed by atoms with Crippen LogP contribution in [0.3, 0.4) is 0 Å². The first-order chi connectivity index (χ1) is 31.7. The van der Waals surface area contributed by atoms with Crippen LogP contribution >= 0.6 is 0 Å². The van der Waals surface area contributed by atoms with Crippen LogP contribution in [0.15, 0.2) is 94.4 Å². The minimum Gasteiger partial charge on any atom is -0.394 e. The second-order valence-electron chi connectivity index (χ2n) is 17.6. The van der Waals surface area contributed by atoms with Gasteiger partial charge in [-0.2, -0.15) is 25.3 Å². The molecule has 0 saturated carbocycles. The Morgan fingerprint density at radius 2 is 1.54 bits per heavy atom. The predicted molar refractivity (Wildman–Crippen MR) is 253 cm³/mol. The highest BCUT2D eigenvalue weighted by molar-refractivity contribution is 7.86. The van der Waals surface area contributed by atoms with Gasteiger partial charge in [0.2, 0.25) is 5.91 Å². The third kappa shape index (κ3) is 15.3. The molecule has 0 radical (unpaired) electrons. The molecular formula is C46H66N2O17S3. The zero-order chi connectivity index (χ0) is 50.7. The highest BCUT2D eigenvalue weighted by atomic mass is 32.2. The van der Waals surface area contributed by atoms with Gasteiger partial charge >= 0.3 is 0 Å². The van der Waals surface area contributed by atoms with E-state index in [1.54, 1.807) is 43.4 Å². The third-order valence-electron chi connectivity index (χ3n) is 12.3. The van der Waals surface area contributed by atoms with Crippen molar-refractivity contribution in [2.45, 2.75) is 124 Å². The second-order valence-corrected chi connectivity index (χ2v) is 22.0. The van der Waals surface area contributed by atoms with E-state index in [0.717, 1.165) is 16.9 Å². The summed E-state index contributed by atoms with van der Waals surface area (Å²) in [5.74, 6) is -0.616. The number of benzene rings is 2. The molecule has 68 heavy (non-hydrogen) atoms. The first kappa shape index (κ1) is 56.7. The van der Waals surface area contributed by atoms with Gasteiger partial charge in [0, 0.05) is 41.7 Å². The summed E-state index contributed by atoms with van der Waals surface area (Å²) in [5, 5.41) is 41.9. The van der Waals surface area contributed by atoms with E-state index in [1.807, 2.05) is 26.8 Å². The van der Waals surface area contributed by atoms with Crippen LogP contribution in [0.25, 0.3) is 0 Å². The number of aliphatic hydroxyl groups excluding tert-OH is 4. The Hall–Kier alpha value is -3.88. The number of carbonyl (C=O) groups is 1. The number of hydrogen-bond acceptors (Lipinski definition) is 15. The number of hydrogen-bond donors (Lipinski definition) is 8. The Balaban J connectivity index is 1.38. The Labute approximate surface area is 399 Å². The number of nitrogens with zero attached hydrogens (tertiary/aromatic N) is 1. The smallest absolute Gasteiger partial charge is 0.294 e. The van der Waals surface area contributed by atoms with Crippen molar-refractivity contribution < 1.29 is 78.3 Å². The maximum absolute atomic E-state index is 12.6. The van der Waals surface area contributed by atoms with Gasteiger partial charge in [-0.25, -0.2) is 0 Å². The molecule has 19 nitrogen and oxygen atoms in total. The first-order valence-electron chi connectivity index (χ1n) is 22.2. The Bertz CT molecular complexity index is 2510. The molecule has 2 heterocycles. The molecule has 1 fully saturated rings. The number of ether oxygens (including phenoxy) is 3. The number of allylic oxidation sites excluding steroid dienone is 7. The van der Waals surface area contributed by atoms with Gasteiger partial charge in [0.15, 0.2) is 6.29 Å². The fourth-order valence-corrected chi connectivity index (χ4v) is 9.91. The Morgan fingerprint density at radius 1 is 0.868 bits per heavy atom. The summed E-state index contributed by atoms with van der Waals surface area (Å²) in [6.45, 7) is 12.2. The molecule has 2 aromatic carbocycles. The Morgan fingerprint density at radius 3 is 2.21 bits per heavy atom. The van der Waals surface area contributed by atoms with Gasteiger partial charge in [-0.05, 0) is 91.3 Å². The van der Waals surface area contributed by atoms with Crippen LogP contribution in [0, 0.1) is 6.92 Å². The topological polar surface area (TPSA) is 304 Å². The van der Waals surface area contributed by atoms with Gasteiger partial charge in [0.25, 0.3) is 30.4 Å². The fourth-order valence-electron chi connectivity index (χ4n) is 8.32. The number of unbranched alkanes of at least 4 members (excludes halogenated alkanes) is 3. The molecule has 2 aliphatic rings. The number of aliphatic hydroxyl groups is 4. The Kier molecular flexibility index (Phi) is 20.3. The quantitative estimate of drug-likeness (QED) is 0.0379. The zero-order valence-corrected chi connectivity index (χ0v) is 41.2. The largest absolute Gasteiger partial charge is 0.394 e. The molecule has 0 spiro atoms. The number of anilines is 1. The van der Waals surface area contributed by atoms with Crippen LogP contribution in [0.2, 0.25) is 0 Å². The predicted octanol–water partition coefficient (Wildman–Crippen LogP) is 3.66. The standard InChI is InChI=1S/C46H66N2O17S3/c1-31-17-18-33(67(57,58)59)28-35(31)46(5,21-11-13-27-66(54,55)56)32(2)14-8-6-9-15-39-45(3,4)36-29-34(68(60,61)62)19-20-37(36)48(39)23-12-7-10-16-40(50)47-22-24-63-25-26-64-44-43(53)42(52)41(51)38(30-49)65-44/h6,8-9,14-15,17-20,28-29,38,41-44,49,51-53H,2,7,10-13,16,21-27,30H2,1,3-5H3,(H,47,50)(H,54,55,56)(H,57,58,59)(H,60,61,62)/b9-6+,14-8+,39-15+/t38-,41-,42+,43+,44+,46?/m1/s1. The second kappa shape index (κ2) is 24.3. The number of nitrogens with one attached hydrogen (secondary N) is 1. The van der Waals surface area contributed by atoms with E-state index in [9.17, 15) is 64.1 Å². The van der Waals surface area contributed by atoms with Crippen LogP contribution in [-0.4, -0.2) is 141 Å². The number of aryl methyl sites for hydroxylation is 1. The average Bonchev–Trinajstić information content (AvgIpc) is 3.47. The number of rotatable bonds is 26.